The van der Waals surface area contributed by atoms with Gasteiger partial charge in [0, 0.05) is 16.5 Å². The lowest BCUT2D eigenvalue weighted by molar-refractivity contribution is -0.137. The number of rotatable bonds is 4. The molecule has 0 saturated carbocycles. The zero-order valence-electron chi connectivity index (χ0n) is 8.72. The van der Waals surface area contributed by atoms with E-state index in [-0.39, 0.29) is 0 Å². The van der Waals surface area contributed by atoms with Crippen LogP contribution in [0, 0.1) is 5.92 Å². The van der Waals surface area contributed by atoms with Crippen molar-refractivity contribution in [1.29, 1.82) is 0 Å². The van der Waals surface area contributed by atoms with E-state index < -0.39 is 11.7 Å². The Morgan fingerprint density at radius 2 is 1.81 bits per heavy atom. The van der Waals surface area contributed by atoms with Gasteiger partial charge in [-0.1, -0.05) is 6.92 Å². The summed E-state index contributed by atoms with van der Waals surface area (Å²) < 4.78 is 36.8. The maximum atomic E-state index is 12.3. The standard InChI is InChI=1S/C11H12ClF3S/c1-8(6-12)7-16-10-4-2-9(3-5-10)11(13,14)15/h2-5,8H,6-7H2,1H3. The molecular weight excluding hydrogens is 257 g/mol. The molecule has 16 heavy (non-hydrogen) atoms. The lowest BCUT2D eigenvalue weighted by atomic mass is 10.2. The lowest BCUT2D eigenvalue weighted by Crippen LogP contribution is -2.04. The van der Waals surface area contributed by atoms with E-state index in [1.54, 1.807) is 0 Å². The van der Waals surface area contributed by atoms with Crippen LogP contribution in [-0.4, -0.2) is 11.6 Å². The smallest absolute Gasteiger partial charge is 0.166 e. The van der Waals surface area contributed by atoms with Gasteiger partial charge in [0.25, 0.3) is 0 Å². The average molecular weight is 269 g/mol. The Morgan fingerprint density at radius 1 is 1.25 bits per heavy atom. The topological polar surface area (TPSA) is 0 Å². The number of hydrogen-bond acceptors (Lipinski definition) is 1. The van der Waals surface area contributed by atoms with Crippen LogP contribution in [0.3, 0.4) is 0 Å². The minimum Gasteiger partial charge on any atom is -0.166 e. The first kappa shape index (κ1) is 13.7. The fourth-order valence-corrected chi connectivity index (χ4v) is 2.19. The molecule has 0 heterocycles. The maximum absolute atomic E-state index is 12.3. The summed E-state index contributed by atoms with van der Waals surface area (Å²) in [5, 5.41) is 0. The lowest BCUT2D eigenvalue weighted by Gasteiger charge is -2.09. The van der Waals surface area contributed by atoms with Crippen LogP contribution < -0.4 is 0 Å². The van der Waals surface area contributed by atoms with Gasteiger partial charge in [-0.25, -0.2) is 0 Å². The number of halogens is 4. The average Bonchev–Trinajstić information content (AvgIpc) is 2.25. The van der Waals surface area contributed by atoms with Gasteiger partial charge in [-0.05, 0) is 30.2 Å². The highest BCUT2D eigenvalue weighted by molar-refractivity contribution is 7.99. The molecule has 0 saturated heterocycles. The van der Waals surface area contributed by atoms with E-state index in [9.17, 15) is 13.2 Å². The Morgan fingerprint density at radius 3 is 2.25 bits per heavy atom. The van der Waals surface area contributed by atoms with E-state index in [2.05, 4.69) is 0 Å². The normalized spacial score (nSPS) is 13.8. The molecular formula is C11H12ClF3S. The van der Waals surface area contributed by atoms with Crippen molar-refractivity contribution in [2.24, 2.45) is 5.92 Å². The van der Waals surface area contributed by atoms with Crippen molar-refractivity contribution in [2.75, 3.05) is 11.6 Å². The first-order valence-electron chi connectivity index (χ1n) is 4.79. The predicted molar refractivity (Wildman–Crippen MR) is 62.1 cm³/mol. The van der Waals surface area contributed by atoms with Crippen LogP contribution in [0.25, 0.3) is 0 Å². The van der Waals surface area contributed by atoms with Gasteiger partial charge in [0.1, 0.15) is 0 Å². The third kappa shape index (κ3) is 4.26. The molecule has 1 aromatic rings. The summed E-state index contributed by atoms with van der Waals surface area (Å²) in [6, 6.07) is 5.20. The highest BCUT2D eigenvalue weighted by Crippen LogP contribution is 2.31. The van der Waals surface area contributed by atoms with Gasteiger partial charge in [-0.2, -0.15) is 13.2 Å². The fourth-order valence-electron chi connectivity index (χ4n) is 1.02. The van der Waals surface area contributed by atoms with Crippen LogP contribution in [0.1, 0.15) is 12.5 Å². The van der Waals surface area contributed by atoms with Gasteiger partial charge in [-0.15, -0.1) is 23.4 Å². The van der Waals surface area contributed by atoms with E-state index in [1.807, 2.05) is 6.92 Å². The molecule has 1 unspecified atom stereocenters. The van der Waals surface area contributed by atoms with Crippen molar-refractivity contribution >= 4 is 23.4 Å². The second kappa shape index (κ2) is 5.82. The van der Waals surface area contributed by atoms with E-state index in [4.69, 9.17) is 11.6 Å². The van der Waals surface area contributed by atoms with Gasteiger partial charge >= 0.3 is 6.18 Å². The summed E-state index contributed by atoms with van der Waals surface area (Å²) in [6.45, 7) is 2.00. The van der Waals surface area contributed by atoms with Gasteiger partial charge in [-0.3, -0.25) is 0 Å². The van der Waals surface area contributed by atoms with Gasteiger partial charge < -0.3 is 0 Å². The monoisotopic (exact) mass is 268 g/mol. The summed E-state index contributed by atoms with van der Waals surface area (Å²) in [5.74, 6) is 1.73. The summed E-state index contributed by atoms with van der Waals surface area (Å²) in [7, 11) is 0. The number of thioether (sulfide) groups is 1. The van der Waals surface area contributed by atoms with E-state index in [0.717, 1.165) is 22.8 Å². The van der Waals surface area contributed by atoms with Crippen LogP contribution in [0.15, 0.2) is 29.2 Å². The minimum absolute atomic E-state index is 0.356. The third-order valence-corrected chi connectivity index (χ3v) is 3.85. The van der Waals surface area contributed by atoms with Crippen molar-refractivity contribution in [1.82, 2.24) is 0 Å². The Balaban J connectivity index is 2.58. The highest BCUT2D eigenvalue weighted by Gasteiger charge is 2.29. The largest absolute Gasteiger partial charge is 0.416 e. The predicted octanol–water partition coefficient (Wildman–Crippen LogP) is 4.67. The van der Waals surface area contributed by atoms with Crippen LogP contribution >= 0.6 is 23.4 Å². The first-order valence-corrected chi connectivity index (χ1v) is 6.31. The summed E-state index contributed by atoms with van der Waals surface area (Å²) in [5.41, 5.74) is -0.609. The van der Waals surface area contributed by atoms with Crippen molar-refractivity contribution in [3.63, 3.8) is 0 Å². The molecule has 1 aromatic carbocycles. The molecule has 0 N–H and O–H groups in total. The molecule has 5 heteroatoms. The van der Waals surface area contributed by atoms with Crippen LogP contribution in [0.2, 0.25) is 0 Å². The minimum atomic E-state index is -4.26. The van der Waals surface area contributed by atoms with Gasteiger partial charge in [0.2, 0.25) is 0 Å². The van der Waals surface area contributed by atoms with Crippen molar-refractivity contribution in [2.45, 2.75) is 18.0 Å². The molecule has 0 fully saturated rings. The maximum Gasteiger partial charge on any atom is 0.416 e. The Kier molecular flexibility index (Phi) is 4.99. The molecule has 0 amide bonds. The Labute approximate surface area is 102 Å². The molecule has 0 aliphatic heterocycles. The second-order valence-corrected chi connectivity index (χ2v) is 4.99. The molecule has 0 radical (unpaired) electrons. The molecule has 0 aromatic heterocycles. The van der Waals surface area contributed by atoms with E-state index >= 15 is 0 Å². The summed E-state index contributed by atoms with van der Waals surface area (Å²) >= 11 is 7.16. The number of alkyl halides is 4. The number of hydrogen-bond donors (Lipinski definition) is 0. The highest BCUT2D eigenvalue weighted by atomic mass is 35.5. The second-order valence-electron chi connectivity index (χ2n) is 3.59. The first-order chi connectivity index (χ1) is 7.43. The fraction of sp³-hybridized carbons (Fsp3) is 0.455. The van der Waals surface area contributed by atoms with Crippen LogP contribution in [0.4, 0.5) is 13.2 Å². The van der Waals surface area contributed by atoms with Gasteiger partial charge in [0.15, 0.2) is 0 Å². The van der Waals surface area contributed by atoms with Crippen molar-refractivity contribution in [3.05, 3.63) is 29.8 Å². The zero-order chi connectivity index (χ0) is 12.2. The zero-order valence-corrected chi connectivity index (χ0v) is 10.3. The molecule has 0 aliphatic rings. The van der Waals surface area contributed by atoms with Crippen LogP contribution in [0.5, 0.6) is 0 Å². The van der Waals surface area contributed by atoms with E-state index in [1.165, 1.54) is 23.9 Å². The SMILES string of the molecule is CC(CCl)CSc1ccc(C(F)(F)F)cc1. The summed E-state index contributed by atoms with van der Waals surface area (Å²) in [4.78, 5) is 0.838. The van der Waals surface area contributed by atoms with E-state index in [0.29, 0.717) is 11.8 Å². The molecule has 0 bridgehead atoms. The van der Waals surface area contributed by atoms with Gasteiger partial charge in [0.05, 0.1) is 5.56 Å². The molecule has 1 rings (SSSR count). The molecule has 0 spiro atoms. The Bertz CT molecular complexity index is 321. The molecule has 0 aliphatic carbocycles. The summed E-state index contributed by atoms with van der Waals surface area (Å²) in [6.07, 6.45) is -4.26. The Hall–Kier alpha value is -0.350. The number of benzene rings is 1. The van der Waals surface area contributed by atoms with Crippen molar-refractivity contribution in [3.8, 4) is 0 Å². The van der Waals surface area contributed by atoms with Crippen LogP contribution in [-0.2, 0) is 6.18 Å². The molecule has 90 valence electrons. The molecule has 0 nitrogen and oxygen atoms in total. The quantitative estimate of drug-likeness (QED) is 0.565. The third-order valence-electron chi connectivity index (χ3n) is 1.98. The van der Waals surface area contributed by atoms with Crippen molar-refractivity contribution < 1.29 is 13.2 Å². The molecule has 1 atom stereocenters.